The minimum absolute atomic E-state index is 0.0569. The molecule has 3 aromatic carbocycles. The minimum atomic E-state index is -5.73. The molecular formula is C72H97N7O23P3S4+. The number of ketones is 1. The molecule has 0 bridgehead atoms. The lowest BCUT2D eigenvalue weighted by Gasteiger charge is -2.39. The topological polar surface area (TPSA) is 397 Å². The van der Waals surface area contributed by atoms with E-state index in [1.165, 1.54) is 39.6 Å². The summed E-state index contributed by atoms with van der Waals surface area (Å²) in [5, 5.41) is 15.9. The van der Waals surface area contributed by atoms with E-state index >= 15 is 0 Å². The van der Waals surface area contributed by atoms with E-state index in [-0.39, 0.29) is 66.1 Å². The number of carbonyl (C=O) groups excluding carboxylic acids is 3. The molecule has 1 saturated heterocycles. The van der Waals surface area contributed by atoms with Gasteiger partial charge in [-0.3, -0.25) is 14.1 Å². The Morgan fingerprint density at radius 3 is 2.32 bits per heavy atom. The van der Waals surface area contributed by atoms with Crippen LogP contribution in [0.4, 0.5) is 16.3 Å². The highest BCUT2D eigenvalue weighted by atomic mass is 33.1. The molecule has 11 rings (SSSR count). The summed E-state index contributed by atoms with van der Waals surface area (Å²) in [5.41, 5.74) is 16.4. The zero-order chi connectivity index (χ0) is 78.0. The lowest BCUT2D eigenvalue weighted by atomic mass is 9.81. The van der Waals surface area contributed by atoms with Gasteiger partial charge in [-0.1, -0.05) is 62.8 Å². The highest BCUT2D eigenvalue weighted by Crippen LogP contribution is 2.66. The molecule has 109 heavy (non-hydrogen) atoms. The largest absolute Gasteiger partial charge is 0.490 e. The number of benzene rings is 3. The molecule has 1 fully saturated rings. The molecule has 3 unspecified atom stereocenters. The molecule has 0 aliphatic carbocycles. The van der Waals surface area contributed by atoms with Crippen LogP contribution in [0.15, 0.2) is 42.9 Å². The van der Waals surface area contributed by atoms with E-state index in [1.807, 2.05) is 13.0 Å². The number of amides is 1. The summed E-state index contributed by atoms with van der Waals surface area (Å²) < 4.78 is 98.2. The number of phosphoric ester groups is 1. The third kappa shape index (κ3) is 23.5. The average molecular weight is 1650 g/mol. The number of aromatic carboxylic acids is 1. The van der Waals surface area contributed by atoms with Crippen molar-refractivity contribution in [3.63, 3.8) is 0 Å². The molecule has 6 aliphatic rings. The van der Waals surface area contributed by atoms with E-state index in [1.54, 1.807) is 51.4 Å². The summed E-state index contributed by atoms with van der Waals surface area (Å²) in [6, 6.07) is 9.59. The van der Waals surface area contributed by atoms with Gasteiger partial charge in [0.2, 0.25) is 5.36 Å². The second-order valence-corrected chi connectivity index (χ2v) is 37.6. The molecule has 37 heteroatoms. The number of alkyl carbamates (subject to hydrolysis) is 1. The molecule has 6 aliphatic heterocycles. The number of rotatable bonds is 38. The van der Waals surface area contributed by atoms with Crippen molar-refractivity contribution in [2.75, 3.05) is 114 Å². The lowest BCUT2D eigenvalue weighted by molar-refractivity contribution is -0.143. The van der Waals surface area contributed by atoms with E-state index in [9.17, 15) is 47.8 Å². The van der Waals surface area contributed by atoms with Crippen LogP contribution in [-0.4, -0.2) is 183 Å². The molecule has 0 radical (unpaired) electrons. The lowest BCUT2D eigenvalue weighted by Crippen LogP contribution is -2.45. The first-order valence-corrected chi connectivity index (χ1v) is 45.9. The number of aromatic nitrogens is 3. The third-order valence-electron chi connectivity index (χ3n) is 19.0. The number of nitrogens with two attached hydrogens (primary N) is 1. The Kier molecular flexibility index (Phi) is 31.3. The van der Waals surface area contributed by atoms with Crippen molar-refractivity contribution in [2.24, 2.45) is 0 Å². The Morgan fingerprint density at radius 1 is 0.835 bits per heavy atom. The van der Waals surface area contributed by atoms with Crippen LogP contribution in [0.1, 0.15) is 178 Å². The number of nitrogens with one attached hydrogen (secondary N) is 1. The van der Waals surface area contributed by atoms with Gasteiger partial charge in [0.1, 0.15) is 60.7 Å². The van der Waals surface area contributed by atoms with Crippen LogP contribution in [0, 0.1) is 11.8 Å². The normalized spacial score (nSPS) is 18.4. The van der Waals surface area contributed by atoms with Crippen LogP contribution in [0.2, 0.25) is 0 Å². The van der Waals surface area contributed by atoms with Crippen LogP contribution < -0.4 is 35.8 Å². The number of phosphoric acid groups is 3. The van der Waals surface area contributed by atoms with Gasteiger partial charge in [0, 0.05) is 115 Å². The first-order valence-electron chi connectivity index (χ1n) is 36.6. The van der Waals surface area contributed by atoms with Crippen molar-refractivity contribution < 1.29 is 109 Å². The zero-order valence-electron chi connectivity index (χ0n) is 61.8. The van der Waals surface area contributed by atoms with Crippen LogP contribution >= 0.6 is 45.1 Å². The highest BCUT2D eigenvalue weighted by molar-refractivity contribution is 8.77. The second kappa shape index (κ2) is 39.8. The Balaban J connectivity index is 0.000000232. The number of carboxylic acid groups (broad SMARTS) is 1. The Bertz CT molecular complexity index is 4510. The Labute approximate surface area is 648 Å². The maximum atomic E-state index is 13.7. The van der Waals surface area contributed by atoms with Crippen molar-refractivity contribution in [2.45, 2.75) is 161 Å². The molecule has 0 spiro atoms. The fraction of sp³-hybridized carbons (Fsp3) is 0.569. The number of nitrogens with zero attached hydrogens (tertiary/aromatic N) is 5. The number of aryl methyl sites for hydroxylation is 2. The fourth-order valence-electron chi connectivity index (χ4n) is 13.7. The molecule has 0 saturated carbocycles. The number of ether oxygens (including phenoxy) is 8. The summed E-state index contributed by atoms with van der Waals surface area (Å²) >= 11 is 5.37. The van der Waals surface area contributed by atoms with E-state index in [0.29, 0.717) is 98.4 Å². The van der Waals surface area contributed by atoms with Crippen LogP contribution in [0.5, 0.6) is 11.5 Å². The first-order chi connectivity index (χ1) is 52.2. The number of unbranched alkanes of at least 4 members (excludes halogenated alkanes) is 1. The molecule has 8 heterocycles. The summed E-state index contributed by atoms with van der Waals surface area (Å²) in [6.07, 6.45) is 11.5. The van der Waals surface area contributed by atoms with Gasteiger partial charge in [-0.05, 0) is 137 Å². The highest BCUT2D eigenvalue weighted by Gasteiger charge is 2.45. The van der Waals surface area contributed by atoms with Crippen LogP contribution in [-0.2, 0) is 111 Å². The molecule has 1 amide bonds. The van der Waals surface area contributed by atoms with Crippen molar-refractivity contribution in [3.05, 3.63) is 104 Å². The standard InChI is InChI=1S/C43H49N3O8.C29H47N4O15P3S4/c1-2-53-43(50)44-15-21-52-23-22-51-20-7-12-36(47)27-13-14-30(42(48)49)33(24-27)37-34-25-28-8-3-16-45-18-5-10-31(38(28)45)40(34)54-41-32-11-6-19-46-17-4-9-29(39(32)46)26-35(37)41;1-5-29(3,4)54-53-19-42-13-9-10-14-43-25(34)12-8-7-11-21-16-33(28-26(21)27(30)31-18-32-28)24-15-22(44-20-55(52)6-2)23(46-24)17-45-50(38,39)48-51(40,41)47-49(35,36)37/h13-14,24-26H,2-12,15-23H2,1H3,(H-,44,48,49,50);16,18,22-24H,5-6,8-10,12-15,17,19-20H2,1-4H3,(H,38,39)(H,40,41)(H2,30,31,32)(H2,35,36,37)/p+1/t;22-,23+,24+,55?/m.0/s1. The minimum Gasteiger partial charge on any atom is -0.478 e. The predicted molar refractivity (Wildman–Crippen MR) is 416 cm³/mol. The number of carboxylic acids is 1. The van der Waals surface area contributed by atoms with Gasteiger partial charge in [-0.25, -0.2) is 37.8 Å². The number of hydrogen-bond acceptors (Lipinski definition) is 25. The zero-order valence-corrected chi connectivity index (χ0v) is 67.7. The number of esters is 1. The third-order valence-corrected chi connectivity index (χ3v) is 27.9. The number of hydrogen-bond donors (Lipinski definition) is 7. The molecule has 596 valence electrons. The Hall–Kier alpha value is -5.73. The van der Waals surface area contributed by atoms with Crippen LogP contribution in [0.25, 0.3) is 16.6 Å². The molecule has 8 N–H and O–H groups in total. The smallest absolute Gasteiger partial charge is 0.478 e. The van der Waals surface area contributed by atoms with Gasteiger partial charge in [0.15, 0.2) is 5.78 Å². The number of Topliss-reactive ketones (excluding diaryl/α,β-unsaturated/α-hetero) is 1. The maximum absolute atomic E-state index is 13.7. The quantitative estimate of drug-likeness (QED) is 0.00277. The average Bonchev–Trinajstić information content (AvgIpc) is 1.40. The van der Waals surface area contributed by atoms with Crippen molar-refractivity contribution in [1.29, 1.82) is 0 Å². The monoisotopic (exact) mass is 1650 g/mol. The van der Waals surface area contributed by atoms with E-state index in [4.69, 9.17) is 69.1 Å². The summed E-state index contributed by atoms with van der Waals surface area (Å²) in [5.74, 6) is 7.74. The summed E-state index contributed by atoms with van der Waals surface area (Å²) in [6.45, 7) is 16.6. The van der Waals surface area contributed by atoms with Crippen molar-refractivity contribution in [1.82, 2.24) is 24.4 Å². The first kappa shape index (κ1) is 85.7. The SMILES string of the molecule is CCOC(=O)NCCOCCOCCCC(=O)c1ccc(C(=O)O)c(C2=c3cc4c5c(c3Oc3c2cc2c6c3CCCN6CCC2)CCC[N+]=5CCC4)c1.CCS(=S)CO[C@H]1C[C@H](n2cc(C#CCCC(=O)OCCCCOCSSC(C)(C)CC)c3c(N)ncnc32)O[C@@H]1COP(=O)(O)OP(=O)(O)OP(=O)(O)O. The molecule has 6 atom stereocenters. The number of nitrogen functional groups attached to an aromatic ring is 1. The predicted octanol–water partition coefficient (Wildman–Crippen LogP) is 9.65. The van der Waals surface area contributed by atoms with Crippen molar-refractivity contribution in [3.8, 4) is 23.3 Å². The molecule has 5 aromatic rings. The van der Waals surface area contributed by atoms with E-state index in [0.717, 1.165) is 118 Å². The molecule has 2 aromatic heterocycles. The maximum Gasteiger partial charge on any atom is 0.490 e. The van der Waals surface area contributed by atoms with Crippen molar-refractivity contribution >= 4 is 118 Å². The van der Waals surface area contributed by atoms with Gasteiger partial charge in [-0.15, -0.1) is 0 Å². The van der Waals surface area contributed by atoms with Gasteiger partial charge in [-0.2, -0.15) is 8.62 Å². The molecular weight excluding hydrogens is 1550 g/mol. The van der Waals surface area contributed by atoms with E-state index < -0.39 is 70.0 Å². The second-order valence-electron chi connectivity index (χ2n) is 27.1. The van der Waals surface area contributed by atoms with Gasteiger partial charge < -0.3 is 83.1 Å². The number of fused-ring (bicyclic) bond motifs is 5. The van der Waals surface area contributed by atoms with Gasteiger partial charge in [0.05, 0.1) is 80.2 Å². The van der Waals surface area contributed by atoms with Gasteiger partial charge >= 0.3 is 41.5 Å². The summed E-state index contributed by atoms with van der Waals surface area (Å²) in [7, 11) is -13.8. The Morgan fingerprint density at radius 2 is 1.57 bits per heavy atom. The van der Waals surface area contributed by atoms with Crippen LogP contribution in [0.3, 0.4) is 0 Å². The van der Waals surface area contributed by atoms with Gasteiger partial charge in [0.25, 0.3) is 0 Å². The fourth-order valence-corrected chi connectivity index (χ4v) is 19.7. The molecule has 30 nitrogen and oxygen atoms in total. The van der Waals surface area contributed by atoms with E-state index in [2.05, 4.69) is 78.1 Å². The number of anilines is 2. The summed E-state index contributed by atoms with van der Waals surface area (Å²) in [4.78, 5) is 98.4. The number of carbonyl (C=O) groups is 4.